The molecule has 0 spiro atoms. The molecule has 0 saturated heterocycles. The minimum Gasteiger partial charge on any atom is -0.464 e. The number of hydrogen-bond acceptors (Lipinski definition) is 3. The third kappa shape index (κ3) is 2.56. The summed E-state index contributed by atoms with van der Waals surface area (Å²) in [6.07, 6.45) is 1.68. The molecule has 1 N–H and O–H groups in total. The zero-order valence-electron chi connectivity index (χ0n) is 10.4. The molecule has 2 rings (SSSR count). The van der Waals surface area contributed by atoms with Crippen molar-refractivity contribution in [3.8, 4) is 0 Å². The molecule has 1 aromatic heterocycles. The Morgan fingerprint density at radius 2 is 2.12 bits per heavy atom. The highest BCUT2D eigenvalue weighted by Crippen LogP contribution is 2.25. The molecule has 0 amide bonds. The molecule has 1 aromatic carbocycles. The van der Waals surface area contributed by atoms with E-state index >= 15 is 0 Å². The summed E-state index contributed by atoms with van der Waals surface area (Å²) in [5.41, 5.74) is 1.81. The number of fused-ring (bicyclic) bond motifs is 1. The van der Waals surface area contributed by atoms with Gasteiger partial charge in [0.15, 0.2) is 0 Å². The van der Waals surface area contributed by atoms with Gasteiger partial charge < -0.3 is 9.73 Å². The summed E-state index contributed by atoms with van der Waals surface area (Å²) in [7, 11) is 0. The van der Waals surface area contributed by atoms with E-state index in [1.807, 2.05) is 18.2 Å². The molecule has 0 bridgehead atoms. The highest BCUT2D eigenvalue weighted by atomic mass is 16.3. The fourth-order valence-corrected chi connectivity index (χ4v) is 1.80. The standard InChI is InChI=1S/C14H17NO2/c1-10(16)9-15-14(2,3)12-4-5-13-11(8-12)6-7-17-13/h4-8,15H,9H2,1-3H3. The second-order valence-electron chi connectivity index (χ2n) is 4.85. The Hall–Kier alpha value is -1.61. The molecular weight excluding hydrogens is 214 g/mol. The van der Waals surface area contributed by atoms with Gasteiger partial charge >= 0.3 is 0 Å². The lowest BCUT2D eigenvalue weighted by Crippen LogP contribution is -2.39. The smallest absolute Gasteiger partial charge is 0.143 e. The van der Waals surface area contributed by atoms with Crippen molar-refractivity contribution in [3.05, 3.63) is 36.1 Å². The molecule has 0 unspecified atom stereocenters. The van der Waals surface area contributed by atoms with Crippen LogP contribution in [0.3, 0.4) is 0 Å². The second-order valence-corrected chi connectivity index (χ2v) is 4.85. The Kier molecular flexibility index (Phi) is 3.03. The molecular formula is C14H17NO2. The maximum Gasteiger partial charge on any atom is 0.143 e. The van der Waals surface area contributed by atoms with Crippen molar-refractivity contribution in [1.82, 2.24) is 5.32 Å². The summed E-state index contributed by atoms with van der Waals surface area (Å²) in [5.74, 6) is 0.141. The fourth-order valence-electron chi connectivity index (χ4n) is 1.80. The van der Waals surface area contributed by atoms with Crippen LogP contribution in [0.5, 0.6) is 0 Å². The van der Waals surface area contributed by atoms with Gasteiger partial charge in [0.05, 0.1) is 12.8 Å². The van der Waals surface area contributed by atoms with Crippen LogP contribution in [0.2, 0.25) is 0 Å². The van der Waals surface area contributed by atoms with Crippen molar-refractivity contribution in [1.29, 1.82) is 0 Å². The molecule has 0 aliphatic carbocycles. The lowest BCUT2D eigenvalue weighted by Gasteiger charge is -2.26. The Morgan fingerprint density at radius 3 is 2.82 bits per heavy atom. The first-order chi connectivity index (χ1) is 7.99. The number of benzene rings is 1. The van der Waals surface area contributed by atoms with Crippen LogP contribution in [0.25, 0.3) is 11.0 Å². The monoisotopic (exact) mass is 231 g/mol. The Bertz CT molecular complexity index is 540. The zero-order valence-corrected chi connectivity index (χ0v) is 10.4. The molecule has 1 heterocycles. The number of furan rings is 1. The van der Waals surface area contributed by atoms with E-state index in [-0.39, 0.29) is 11.3 Å². The predicted molar refractivity (Wildman–Crippen MR) is 67.9 cm³/mol. The molecule has 3 heteroatoms. The van der Waals surface area contributed by atoms with E-state index in [1.54, 1.807) is 13.2 Å². The normalized spacial score (nSPS) is 11.9. The molecule has 0 aliphatic rings. The van der Waals surface area contributed by atoms with Gasteiger partial charge in [-0.05, 0) is 44.5 Å². The topological polar surface area (TPSA) is 42.2 Å². The average Bonchev–Trinajstić information content (AvgIpc) is 2.73. The number of hydrogen-bond donors (Lipinski definition) is 1. The third-order valence-corrected chi connectivity index (χ3v) is 2.95. The van der Waals surface area contributed by atoms with E-state index in [2.05, 4.69) is 25.2 Å². The van der Waals surface area contributed by atoms with Gasteiger partial charge in [-0.15, -0.1) is 0 Å². The quantitative estimate of drug-likeness (QED) is 0.879. The lowest BCUT2D eigenvalue weighted by atomic mass is 9.93. The first-order valence-electron chi connectivity index (χ1n) is 5.71. The van der Waals surface area contributed by atoms with Crippen LogP contribution in [-0.2, 0) is 10.3 Å². The van der Waals surface area contributed by atoms with Gasteiger partial charge in [-0.25, -0.2) is 0 Å². The maximum atomic E-state index is 11.0. The zero-order chi connectivity index (χ0) is 12.5. The summed E-state index contributed by atoms with van der Waals surface area (Å²) >= 11 is 0. The molecule has 0 saturated carbocycles. The van der Waals surface area contributed by atoms with E-state index in [0.29, 0.717) is 6.54 Å². The Balaban J connectivity index is 2.27. The third-order valence-electron chi connectivity index (χ3n) is 2.95. The van der Waals surface area contributed by atoms with Crippen LogP contribution in [0.4, 0.5) is 0 Å². The van der Waals surface area contributed by atoms with Crippen molar-refractivity contribution in [2.75, 3.05) is 6.54 Å². The summed E-state index contributed by atoms with van der Waals surface area (Å²) in [4.78, 5) is 11.0. The van der Waals surface area contributed by atoms with Crippen molar-refractivity contribution in [3.63, 3.8) is 0 Å². The van der Waals surface area contributed by atoms with E-state index in [4.69, 9.17) is 4.42 Å². The number of nitrogens with one attached hydrogen (secondary N) is 1. The van der Waals surface area contributed by atoms with Crippen molar-refractivity contribution >= 4 is 16.8 Å². The van der Waals surface area contributed by atoms with Gasteiger partial charge in [0.2, 0.25) is 0 Å². The number of ketones is 1. The van der Waals surface area contributed by atoms with Gasteiger partial charge in [0, 0.05) is 10.9 Å². The summed E-state index contributed by atoms with van der Waals surface area (Å²) in [5, 5.41) is 4.33. The highest BCUT2D eigenvalue weighted by Gasteiger charge is 2.20. The number of carbonyl (C=O) groups excluding carboxylic acids is 1. The SMILES string of the molecule is CC(=O)CNC(C)(C)c1ccc2occc2c1. The molecule has 3 nitrogen and oxygen atoms in total. The summed E-state index contributed by atoms with van der Waals surface area (Å²) < 4.78 is 5.31. The summed E-state index contributed by atoms with van der Waals surface area (Å²) in [6.45, 7) is 6.10. The first kappa shape index (κ1) is 11.9. The molecule has 0 radical (unpaired) electrons. The molecule has 0 atom stereocenters. The predicted octanol–water partition coefficient (Wildman–Crippen LogP) is 2.85. The van der Waals surface area contributed by atoms with Crippen LogP contribution in [0.1, 0.15) is 26.3 Å². The summed E-state index contributed by atoms with van der Waals surface area (Å²) in [6, 6.07) is 8.02. The van der Waals surface area contributed by atoms with Crippen molar-refractivity contribution in [2.24, 2.45) is 0 Å². The fraction of sp³-hybridized carbons (Fsp3) is 0.357. The Labute approximate surface area is 101 Å². The van der Waals surface area contributed by atoms with E-state index in [0.717, 1.165) is 16.5 Å². The van der Waals surface area contributed by atoms with Crippen LogP contribution >= 0.6 is 0 Å². The number of Topliss-reactive ketones (excluding diaryl/α,β-unsaturated/α-hetero) is 1. The molecule has 17 heavy (non-hydrogen) atoms. The van der Waals surface area contributed by atoms with Gasteiger partial charge in [-0.3, -0.25) is 4.79 Å². The minimum atomic E-state index is -0.225. The molecule has 0 fully saturated rings. The van der Waals surface area contributed by atoms with Crippen LogP contribution in [0, 0.1) is 0 Å². The lowest BCUT2D eigenvalue weighted by molar-refractivity contribution is -0.116. The van der Waals surface area contributed by atoms with Gasteiger partial charge in [-0.2, -0.15) is 0 Å². The van der Waals surface area contributed by atoms with E-state index in [9.17, 15) is 4.79 Å². The van der Waals surface area contributed by atoms with E-state index < -0.39 is 0 Å². The molecule has 90 valence electrons. The molecule has 0 aliphatic heterocycles. The van der Waals surface area contributed by atoms with Crippen molar-refractivity contribution in [2.45, 2.75) is 26.3 Å². The molecule has 2 aromatic rings. The van der Waals surface area contributed by atoms with Gasteiger partial charge in [-0.1, -0.05) is 6.07 Å². The number of carbonyl (C=O) groups is 1. The van der Waals surface area contributed by atoms with Gasteiger partial charge in [0.25, 0.3) is 0 Å². The maximum absolute atomic E-state index is 11.0. The van der Waals surface area contributed by atoms with Crippen molar-refractivity contribution < 1.29 is 9.21 Å². The van der Waals surface area contributed by atoms with Crippen LogP contribution < -0.4 is 5.32 Å². The van der Waals surface area contributed by atoms with Crippen LogP contribution in [-0.4, -0.2) is 12.3 Å². The largest absolute Gasteiger partial charge is 0.464 e. The Morgan fingerprint density at radius 1 is 1.35 bits per heavy atom. The highest BCUT2D eigenvalue weighted by molar-refractivity contribution is 5.79. The van der Waals surface area contributed by atoms with E-state index in [1.165, 1.54) is 0 Å². The average molecular weight is 231 g/mol. The second kappa shape index (κ2) is 4.34. The van der Waals surface area contributed by atoms with Gasteiger partial charge in [0.1, 0.15) is 11.4 Å². The van der Waals surface area contributed by atoms with Crippen LogP contribution in [0.15, 0.2) is 34.9 Å². The number of rotatable bonds is 4. The minimum absolute atomic E-state index is 0.141. The first-order valence-corrected chi connectivity index (χ1v) is 5.71.